The van der Waals surface area contributed by atoms with E-state index in [1.807, 2.05) is 4.72 Å². The molecule has 16 nitrogen and oxygen atoms in total. The fourth-order valence-electron chi connectivity index (χ4n) is 4.04. The molecule has 38 heavy (non-hydrogen) atoms. The lowest BCUT2D eigenvalue weighted by molar-refractivity contribution is -0.119. The minimum atomic E-state index is -4.18. The van der Waals surface area contributed by atoms with Crippen molar-refractivity contribution >= 4 is 44.7 Å². The summed E-state index contributed by atoms with van der Waals surface area (Å²) in [5.41, 5.74) is 9.66. The Morgan fingerprint density at radius 3 is 2.63 bits per heavy atom. The smallest absolute Gasteiger partial charge is 0.301 e. The molecule has 3 aromatic rings. The number of nitrogens with two attached hydrogens (primary N) is 3. The predicted molar refractivity (Wildman–Crippen MR) is 136 cm³/mol. The van der Waals surface area contributed by atoms with Gasteiger partial charge in [-0.2, -0.15) is 18.2 Å². The van der Waals surface area contributed by atoms with E-state index in [2.05, 4.69) is 30.2 Å². The van der Waals surface area contributed by atoms with E-state index >= 15 is 0 Å². The Hall–Kier alpha value is -4.19. The molecule has 1 amide bonds. The topological polar surface area (TPSA) is 248 Å². The number of nitrogen functional groups attached to an aromatic ring is 1. The highest BCUT2D eigenvalue weighted by atomic mass is 32.2. The number of nitrogens with zero attached hydrogens (tertiary/aromatic N) is 5. The Morgan fingerprint density at radius 1 is 1.13 bits per heavy atom. The van der Waals surface area contributed by atoms with Crippen molar-refractivity contribution < 1.29 is 22.7 Å². The van der Waals surface area contributed by atoms with Gasteiger partial charge in [0.1, 0.15) is 18.1 Å². The predicted octanol–water partition coefficient (Wildman–Crippen LogP) is -1.22. The molecule has 3 heterocycles. The zero-order valence-electron chi connectivity index (χ0n) is 20.1. The van der Waals surface area contributed by atoms with Gasteiger partial charge in [0.2, 0.25) is 5.91 Å². The maximum absolute atomic E-state index is 12.7. The summed E-state index contributed by atoms with van der Waals surface area (Å²) in [6.07, 6.45) is 2.55. The number of aromatic nitrogens is 4. The minimum absolute atomic E-state index is 0.0670. The van der Waals surface area contributed by atoms with Crippen LogP contribution in [0.5, 0.6) is 0 Å². The second-order valence-corrected chi connectivity index (χ2v) is 9.84. The summed E-state index contributed by atoms with van der Waals surface area (Å²) in [5.74, 6) is 9.73. The van der Waals surface area contributed by atoms with Crippen LogP contribution in [0.4, 0.5) is 5.82 Å². The van der Waals surface area contributed by atoms with Gasteiger partial charge in [0, 0.05) is 30.5 Å². The lowest BCUT2D eigenvalue weighted by atomic mass is 10.00. The van der Waals surface area contributed by atoms with Crippen molar-refractivity contribution in [2.75, 3.05) is 12.3 Å². The molecular formula is C21H27N11O5S. The number of anilines is 1. The van der Waals surface area contributed by atoms with Crippen molar-refractivity contribution in [3.05, 3.63) is 48.0 Å². The Bertz CT molecular complexity index is 1470. The van der Waals surface area contributed by atoms with Gasteiger partial charge in [0.15, 0.2) is 23.1 Å². The largest absolute Gasteiger partial charge is 0.382 e. The van der Waals surface area contributed by atoms with Crippen LogP contribution in [0.15, 0.2) is 42.0 Å². The number of ether oxygens (including phenoxy) is 1. The number of hydrazone groups is 1. The van der Waals surface area contributed by atoms with Crippen molar-refractivity contribution in [3.63, 3.8) is 0 Å². The van der Waals surface area contributed by atoms with Gasteiger partial charge in [-0.1, -0.05) is 24.3 Å². The lowest BCUT2D eigenvalue weighted by Crippen LogP contribution is -2.43. The van der Waals surface area contributed by atoms with Crippen LogP contribution >= 0.6 is 0 Å². The summed E-state index contributed by atoms with van der Waals surface area (Å²) in [6.45, 7) is -0.0670. The van der Waals surface area contributed by atoms with Crippen LogP contribution in [0.25, 0.3) is 11.2 Å². The molecule has 1 aliphatic rings. The van der Waals surface area contributed by atoms with Crippen LogP contribution in [0.2, 0.25) is 0 Å². The zero-order chi connectivity index (χ0) is 27.3. The van der Waals surface area contributed by atoms with Gasteiger partial charge in [-0.05, 0) is 12.8 Å². The number of amidine groups is 1. The monoisotopic (exact) mass is 545 g/mol. The maximum atomic E-state index is 12.7. The molecule has 0 aliphatic carbocycles. The molecule has 9 N–H and O–H groups in total. The first kappa shape index (κ1) is 26.9. The number of hydrogen-bond acceptors (Lipinski definition) is 12. The molecular weight excluding hydrogens is 518 g/mol. The zero-order valence-corrected chi connectivity index (χ0v) is 20.9. The fraction of sp³-hybridized carbons (Fsp3) is 0.333. The van der Waals surface area contributed by atoms with Gasteiger partial charge < -0.3 is 21.7 Å². The van der Waals surface area contributed by atoms with E-state index in [4.69, 9.17) is 22.2 Å². The summed E-state index contributed by atoms with van der Waals surface area (Å²) in [4.78, 5) is 37.2. The van der Waals surface area contributed by atoms with E-state index in [9.17, 15) is 18.0 Å². The van der Waals surface area contributed by atoms with Crippen molar-refractivity contribution in [2.24, 2.45) is 16.8 Å². The van der Waals surface area contributed by atoms with Crippen LogP contribution in [-0.4, -0.2) is 58.1 Å². The number of fused-ring (bicyclic) bond motifs is 1. The number of benzene rings is 1. The highest BCUT2D eigenvalue weighted by Gasteiger charge is 2.29. The minimum Gasteiger partial charge on any atom is -0.382 e. The number of hydrogen-bond donors (Lipinski definition) is 6. The van der Waals surface area contributed by atoms with Crippen LogP contribution in [-0.2, 0) is 19.7 Å². The van der Waals surface area contributed by atoms with Gasteiger partial charge in [-0.15, -0.1) is 0 Å². The number of rotatable bonds is 10. The Kier molecular flexibility index (Phi) is 8.10. The molecule has 0 spiro atoms. The highest BCUT2D eigenvalue weighted by molar-refractivity contribution is 7.88. The van der Waals surface area contributed by atoms with Crippen LogP contribution in [0.1, 0.15) is 47.8 Å². The molecule has 0 radical (unpaired) electrons. The molecule has 1 fully saturated rings. The van der Waals surface area contributed by atoms with E-state index in [1.165, 1.54) is 12.4 Å². The number of carbonyl (C=O) groups is 2. The lowest BCUT2D eigenvalue weighted by Gasteiger charge is -2.16. The third-order valence-electron chi connectivity index (χ3n) is 5.86. The standard InChI is InChI=1S/C21H27N11O5S/c22-19-18-21(26-10-25-19)32(11-27-18)17-8-5-12(37-17)9-28-38(35,36)31-16(34)7-6-15(33)13-3-1-2-4-14(13)20(29-23)30-24/h1-4,10-12,17,28H,5-9,23-24H2,(H,29,30)(H,31,34)(H2,22,25,26). The first-order chi connectivity index (χ1) is 18.2. The Balaban J connectivity index is 1.27. The number of nitrogens with one attached hydrogen (secondary N) is 3. The van der Waals surface area contributed by atoms with Crippen LogP contribution in [0.3, 0.4) is 0 Å². The Morgan fingerprint density at radius 2 is 1.89 bits per heavy atom. The first-order valence-electron chi connectivity index (χ1n) is 11.5. The molecule has 202 valence electrons. The first-order valence-corrected chi connectivity index (χ1v) is 13.0. The van der Waals surface area contributed by atoms with Crippen molar-refractivity contribution in [3.8, 4) is 0 Å². The van der Waals surface area contributed by atoms with Crippen molar-refractivity contribution in [1.82, 2.24) is 34.4 Å². The molecule has 1 saturated heterocycles. The van der Waals surface area contributed by atoms with E-state index in [1.54, 1.807) is 29.1 Å². The van der Waals surface area contributed by atoms with Crippen LogP contribution in [0, 0.1) is 0 Å². The average Bonchev–Trinajstić information content (AvgIpc) is 3.55. The van der Waals surface area contributed by atoms with Crippen molar-refractivity contribution in [2.45, 2.75) is 38.0 Å². The SMILES string of the molecule is N/N=C(\NN)c1ccccc1C(=O)CCC(=O)NS(=O)(=O)NCC1CCC(n2cnc3c(N)ncnc32)O1. The summed E-state index contributed by atoms with van der Waals surface area (Å²) in [6, 6.07) is 6.41. The summed E-state index contributed by atoms with van der Waals surface area (Å²) >= 11 is 0. The fourth-order valence-corrected chi connectivity index (χ4v) is 4.92. The normalized spacial score (nSPS) is 18.0. The average molecular weight is 546 g/mol. The maximum Gasteiger partial charge on any atom is 0.301 e. The van der Waals surface area contributed by atoms with Crippen LogP contribution < -0.4 is 32.3 Å². The molecule has 0 saturated carbocycles. The summed E-state index contributed by atoms with van der Waals surface area (Å²) in [7, 11) is -4.18. The molecule has 2 atom stereocenters. The van der Waals surface area contributed by atoms with Gasteiger partial charge >= 0.3 is 10.2 Å². The third-order valence-corrected chi connectivity index (χ3v) is 6.90. The highest BCUT2D eigenvalue weighted by Crippen LogP contribution is 2.30. The number of hydrazine groups is 1. The quantitative estimate of drug-likeness (QED) is 0.0577. The molecule has 4 rings (SSSR count). The number of carbonyl (C=O) groups excluding carboxylic acids is 2. The molecule has 2 aromatic heterocycles. The molecule has 2 unspecified atom stereocenters. The second kappa shape index (κ2) is 11.5. The van der Waals surface area contributed by atoms with Gasteiger partial charge in [-0.25, -0.2) is 25.5 Å². The molecule has 1 aromatic carbocycles. The van der Waals surface area contributed by atoms with E-state index in [0.717, 1.165) is 0 Å². The van der Waals surface area contributed by atoms with Gasteiger partial charge in [0.05, 0.1) is 12.4 Å². The Labute approximate surface area is 217 Å². The molecule has 0 bridgehead atoms. The number of ketones is 1. The molecule has 1 aliphatic heterocycles. The van der Waals surface area contributed by atoms with E-state index in [-0.39, 0.29) is 36.6 Å². The molecule has 17 heteroatoms. The number of amides is 1. The number of imidazole rings is 1. The summed E-state index contributed by atoms with van der Waals surface area (Å²) in [5, 5.41) is 3.49. The third kappa shape index (κ3) is 6.02. The van der Waals surface area contributed by atoms with E-state index < -0.39 is 34.2 Å². The second-order valence-electron chi connectivity index (χ2n) is 8.34. The van der Waals surface area contributed by atoms with Crippen molar-refractivity contribution in [1.29, 1.82) is 0 Å². The van der Waals surface area contributed by atoms with Gasteiger partial charge in [-0.3, -0.25) is 14.2 Å². The number of Topliss-reactive ketones (excluding diaryl/α,β-unsaturated/α-hetero) is 1. The van der Waals surface area contributed by atoms with E-state index in [0.29, 0.717) is 29.6 Å². The van der Waals surface area contributed by atoms with Gasteiger partial charge in [0.25, 0.3) is 0 Å². The summed E-state index contributed by atoms with van der Waals surface area (Å²) < 4.78 is 36.6.